The van der Waals surface area contributed by atoms with Crippen molar-refractivity contribution < 1.29 is 27.6 Å². The van der Waals surface area contributed by atoms with Crippen LogP contribution in [0, 0.1) is 12.7 Å². The molecule has 1 aromatic heterocycles. The Labute approximate surface area is 174 Å². The van der Waals surface area contributed by atoms with Crippen molar-refractivity contribution in [3.8, 4) is 10.4 Å². The first-order chi connectivity index (χ1) is 14.1. The Morgan fingerprint density at radius 1 is 1.23 bits per heavy atom. The highest BCUT2D eigenvalue weighted by atomic mass is 32.1. The number of benzene rings is 1. The number of imide groups is 1. The smallest absolute Gasteiger partial charge is 0.323 e. The van der Waals surface area contributed by atoms with Gasteiger partial charge in [-0.3, -0.25) is 14.5 Å². The molecule has 1 aliphatic carbocycles. The molecule has 1 N–H and O–H groups in total. The molecule has 0 atom stereocenters. The van der Waals surface area contributed by atoms with Crippen LogP contribution in [-0.4, -0.2) is 45.6 Å². The van der Waals surface area contributed by atoms with E-state index in [0.717, 1.165) is 16.2 Å². The number of thiazole rings is 1. The minimum absolute atomic E-state index is 0.0866. The van der Waals surface area contributed by atoms with Gasteiger partial charge in [-0.25, -0.2) is 22.9 Å². The third kappa shape index (κ3) is 3.60. The van der Waals surface area contributed by atoms with E-state index in [4.69, 9.17) is 0 Å². The van der Waals surface area contributed by atoms with Crippen molar-refractivity contribution >= 4 is 29.1 Å². The van der Waals surface area contributed by atoms with E-state index < -0.39 is 54.4 Å². The molecular formula is C20H18F3N3O3S. The monoisotopic (exact) mass is 437 g/mol. The van der Waals surface area contributed by atoms with E-state index in [-0.39, 0.29) is 17.8 Å². The number of aromatic nitrogens is 1. The van der Waals surface area contributed by atoms with E-state index in [1.165, 1.54) is 12.1 Å². The first kappa shape index (κ1) is 20.5. The van der Waals surface area contributed by atoms with Crippen molar-refractivity contribution in [3.05, 3.63) is 40.8 Å². The molecule has 30 heavy (non-hydrogen) atoms. The maximum atomic E-state index is 13.5. The molecule has 2 aliphatic rings. The number of alkyl halides is 2. The van der Waals surface area contributed by atoms with Crippen molar-refractivity contribution in [2.75, 3.05) is 6.54 Å². The summed E-state index contributed by atoms with van der Waals surface area (Å²) in [6.45, 7) is 1.15. The highest BCUT2D eigenvalue weighted by molar-refractivity contribution is 7.17. The van der Waals surface area contributed by atoms with Crippen LogP contribution in [0.15, 0.2) is 24.3 Å². The molecule has 0 unspecified atom stereocenters. The van der Waals surface area contributed by atoms with Crippen LogP contribution in [0.3, 0.4) is 0 Å². The maximum absolute atomic E-state index is 13.5. The molecule has 1 aliphatic heterocycles. The SMILES string of the molecule is Cc1nc(C(=O)CN2C(=O)NC3(CCC(F)(F)CC3)C2=O)sc1-c1cccc(F)c1. The molecular weight excluding hydrogens is 419 g/mol. The number of hydrogen-bond acceptors (Lipinski definition) is 5. The van der Waals surface area contributed by atoms with Crippen LogP contribution < -0.4 is 5.32 Å². The Balaban J connectivity index is 1.51. The summed E-state index contributed by atoms with van der Waals surface area (Å²) in [4.78, 5) is 43.4. The Morgan fingerprint density at radius 2 is 1.93 bits per heavy atom. The molecule has 0 radical (unpaired) electrons. The highest BCUT2D eigenvalue weighted by Crippen LogP contribution is 2.41. The average molecular weight is 437 g/mol. The number of urea groups is 1. The zero-order valence-corrected chi connectivity index (χ0v) is 16.8. The Morgan fingerprint density at radius 3 is 2.60 bits per heavy atom. The third-order valence-electron chi connectivity index (χ3n) is 5.50. The summed E-state index contributed by atoms with van der Waals surface area (Å²) in [5.41, 5.74) is -0.275. The predicted octanol–water partition coefficient (Wildman–Crippen LogP) is 3.94. The van der Waals surface area contributed by atoms with Crippen molar-refractivity contribution in [2.24, 2.45) is 0 Å². The van der Waals surface area contributed by atoms with Gasteiger partial charge in [0.05, 0.1) is 17.1 Å². The number of aryl methyl sites for hydroxylation is 1. The predicted molar refractivity (Wildman–Crippen MR) is 103 cm³/mol. The number of nitrogens with zero attached hydrogens (tertiary/aromatic N) is 2. The van der Waals surface area contributed by atoms with E-state index in [1.807, 2.05) is 0 Å². The van der Waals surface area contributed by atoms with Gasteiger partial charge in [-0.1, -0.05) is 12.1 Å². The zero-order valence-electron chi connectivity index (χ0n) is 16.0. The van der Waals surface area contributed by atoms with Crippen molar-refractivity contribution in [3.63, 3.8) is 0 Å². The van der Waals surface area contributed by atoms with Gasteiger partial charge in [0.2, 0.25) is 11.7 Å². The summed E-state index contributed by atoms with van der Waals surface area (Å²) in [5.74, 6) is -4.48. The first-order valence-electron chi connectivity index (χ1n) is 9.39. The van der Waals surface area contributed by atoms with Crippen LogP contribution in [-0.2, 0) is 4.79 Å². The Hall–Kier alpha value is -2.75. The molecule has 3 amide bonds. The molecule has 10 heteroatoms. The topological polar surface area (TPSA) is 79.4 Å². The zero-order chi connectivity index (χ0) is 21.7. The lowest BCUT2D eigenvalue weighted by molar-refractivity contribution is -0.135. The van der Waals surface area contributed by atoms with Gasteiger partial charge in [0.15, 0.2) is 5.01 Å². The number of amides is 3. The van der Waals surface area contributed by atoms with Crippen molar-refractivity contribution in [1.29, 1.82) is 0 Å². The second kappa shape index (κ2) is 7.19. The van der Waals surface area contributed by atoms with E-state index in [9.17, 15) is 27.6 Å². The van der Waals surface area contributed by atoms with Crippen LogP contribution in [0.2, 0.25) is 0 Å². The third-order valence-corrected chi connectivity index (χ3v) is 6.75. The molecule has 1 saturated heterocycles. The second-order valence-electron chi connectivity index (χ2n) is 7.63. The van der Waals surface area contributed by atoms with Gasteiger partial charge in [-0.15, -0.1) is 11.3 Å². The fourth-order valence-corrected chi connectivity index (χ4v) is 4.82. The van der Waals surface area contributed by atoms with Crippen LogP contribution in [0.1, 0.15) is 41.2 Å². The average Bonchev–Trinajstić information content (AvgIpc) is 3.18. The Bertz CT molecular complexity index is 1040. The fourth-order valence-electron chi connectivity index (χ4n) is 3.83. The molecule has 2 heterocycles. The maximum Gasteiger partial charge on any atom is 0.325 e. The molecule has 0 bridgehead atoms. The van der Waals surface area contributed by atoms with Gasteiger partial charge >= 0.3 is 6.03 Å². The number of hydrogen-bond donors (Lipinski definition) is 1. The normalized spacial score (nSPS) is 19.9. The van der Waals surface area contributed by atoms with Gasteiger partial charge in [-0.2, -0.15) is 0 Å². The molecule has 6 nitrogen and oxygen atoms in total. The van der Waals surface area contributed by atoms with Crippen LogP contribution in [0.25, 0.3) is 10.4 Å². The molecule has 1 saturated carbocycles. The highest BCUT2D eigenvalue weighted by Gasteiger charge is 2.55. The van der Waals surface area contributed by atoms with E-state index in [0.29, 0.717) is 16.1 Å². The van der Waals surface area contributed by atoms with E-state index >= 15 is 0 Å². The summed E-state index contributed by atoms with van der Waals surface area (Å²) in [6.07, 6.45) is -1.34. The van der Waals surface area contributed by atoms with Gasteiger partial charge < -0.3 is 5.32 Å². The number of nitrogens with one attached hydrogen (secondary N) is 1. The van der Waals surface area contributed by atoms with Crippen LogP contribution in [0.5, 0.6) is 0 Å². The van der Waals surface area contributed by atoms with Gasteiger partial charge in [0.1, 0.15) is 11.4 Å². The van der Waals surface area contributed by atoms with Gasteiger partial charge in [0, 0.05) is 12.8 Å². The number of Topliss-reactive ketones (excluding diaryl/α,β-unsaturated/α-hetero) is 1. The van der Waals surface area contributed by atoms with Crippen molar-refractivity contribution in [2.45, 2.75) is 44.1 Å². The largest absolute Gasteiger partial charge is 0.325 e. The number of carbonyl (C=O) groups excluding carboxylic acids is 3. The number of rotatable bonds is 4. The van der Waals surface area contributed by atoms with Gasteiger partial charge in [0.25, 0.3) is 5.91 Å². The number of ketones is 1. The standard InChI is InChI=1S/C20H18F3N3O3S/c1-11-15(12-3-2-4-13(21)9-12)30-16(24-11)14(27)10-26-17(28)19(25-18(26)29)5-7-20(22,23)8-6-19/h2-4,9H,5-8,10H2,1H3,(H,25,29). The summed E-state index contributed by atoms with van der Waals surface area (Å²) >= 11 is 1.05. The minimum atomic E-state index is -2.86. The van der Waals surface area contributed by atoms with E-state index in [1.54, 1.807) is 19.1 Å². The molecule has 2 fully saturated rings. The quantitative estimate of drug-likeness (QED) is 0.581. The van der Waals surface area contributed by atoms with Crippen LogP contribution >= 0.6 is 11.3 Å². The van der Waals surface area contributed by atoms with E-state index in [2.05, 4.69) is 10.3 Å². The summed E-state index contributed by atoms with van der Waals surface area (Å²) in [5, 5.41) is 2.59. The minimum Gasteiger partial charge on any atom is -0.323 e. The fraction of sp³-hybridized carbons (Fsp3) is 0.400. The van der Waals surface area contributed by atoms with Crippen LogP contribution in [0.4, 0.5) is 18.0 Å². The molecule has 1 aromatic carbocycles. The summed E-state index contributed by atoms with van der Waals surface area (Å²) in [7, 11) is 0. The number of carbonyl (C=O) groups is 3. The summed E-state index contributed by atoms with van der Waals surface area (Å²) in [6, 6.07) is 5.11. The molecule has 158 valence electrons. The molecule has 2 aromatic rings. The molecule has 4 rings (SSSR count). The first-order valence-corrected chi connectivity index (χ1v) is 10.2. The lowest BCUT2D eigenvalue weighted by atomic mass is 9.80. The second-order valence-corrected chi connectivity index (χ2v) is 8.63. The lowest BCUT2D eigenvalue weighted by Gasteiger charge is -2.34. The lowest BCUT2D eigenvalue weighted by Crippen LogP contribution is -2.51. The van der Waals surface area contributed by atoms with Crippen molar-refractivity contribution in [1.82, 2.24) is 15.2 Å². The molecule has 1 spiro atoms. The summed E-state index contributed by atoms with van der Waals surface area (Å²) < 4.78 is 40.5. The number of halogens is 3. The Kier molecular flexibility index (Phi) is 4.92. The van der Waals surface area contributed by atoms with Gasteiger partial charge in [-0.05, 0) is 37.5 Å².